The minimum Gasteiger partial charge on any atom is -0.462 e. The Morgan fingerprint density at radius 2 is 2.04 bits per heavy atom. The number of carbonyl (C=O) groups is 1. The highest BCUT2D eigenvalue weighted by atomic mass is 35.5. The zero-order valence-corrected chi connectivity index (χ0v) is 14.6. The molecule has 0 aliphatic rings. The minimum atomic E-state index is -0.415. The standard InChI is InChI=1S/C17H15Cl2N3O2/c1-3-24-17(23)14-9(2)21-22-16(14)15-12(6-7-20-15)11-5-4-10(18)8-13(11)19/h4-8,20H,3H2,1-2H3,(H,21,22). The van der Waals surface area contributed by atoms with E-state index in [9.17, 15) is 4.79 Å². The third-order valence-electron chi connectivity index (χ3n) is 3.63. The first-order chi connectivity index (χ1) is 11.5. The van der Waals surface area contributed by atoms with Gasteiger partial charge in [-0.3, -0.25) is 5.10 Å². The van der Waals surface area contributed by atoms with Crippen LogP contribution in [0.2, 0.25) is 10.0 Å². The van der Waals surface area contributed by atoms with Crippen molar-refractivity contribution < 1.29 is 9.53 Å². The summed E-state index contributed by atoms with van der Waals surface area (Å²) in [5.41, 5.74) is 3.86. The zero-order valence-electron chi connectivity index (χ0n) is 13.1. The van der Waals surface area contributed by atoms with Crippen LogP contribution in [-0.2, 0) is 4.74 Å². The van der Waals surface area contributed by atoms with Gasteiger partial charge < -0.3 is 9.72 Å². The lowest BCUT2D eigenvalue weighted by atomic mass is 10.0. The Labute approximate surface area is 148 Å². The SMILES string of the molecule is CCOC(=O)c1c(-c2[nH]ccc2-c2ccc(Cl)cc2Cl)n[nH]c1C. The number of hydrogen-bond acceptors (Lipinski definition) is 3. The number of esters is 1. The van der Waals surface area contributed by atoms with Gasteiger partial charge in [-0.05, 0) is 32.0 Å². The Morgan fingerprint density at radius 1 is 1.25 bits per heavy atom. The Hall–Kier alpha value is -2.24. The molecular weight excluding hydrogens is 349 g/mol. The smallest absolute Gasteiger partial charge is 0.342 e. The van der Waals surface area contributed by atoms with E-state index in [1.807, 2.05) is 12.1 Å². The molecule has 0 unspecified atom stereocenters. The van der Waals surface area contributed by atoms with Crippen LogP contribution in [0.4, 0.5) is 0 Å². The summed E-state index contributed by atoms with van der Waals surface area (Å²) in [6, 6.07) is 7.16. The number of benzene rings is 1. The Balaban J connectivity index is 2.14. The lowest BCUT2D eigenvalue weighted by Crippen LogP contribution is -2.07. The molecule has 0 aliphatic heterocycles. The van der Waals surface area contributed by atoms with E-state index >= 15 is 0 Å². The molecule has 3 aromatic rings. The summed E-state index contributed by atoms with van der Waals surface area (Å²) in [7, 11) is 0. The van der Waals surface area contributed by atoms with E-state index < -0.39 is 5.97 Å². The number of aromatic nitrogens is 3. The average molecular weight is 364 g/mol. The molecule has 0 fully saturated rings. The monoisotopic (exact) mass is 363 g/mol. The van der Waals surface area contributed by atoms with Crippen molar-refractivity contribution in [3.8, 4) is 22.5 Å². The summed E-state index contributed by atoms with van der Waals surface area (Å²) in [4.78, 5) is 15.4. The summed E-state index contributed by atoms with van der Waals surface area (Å²) in [5.74, 6) is -0.415. The first-order valence-corrected chi connectivity index (χ1v) is 8.13. The molecule has 2 heterocycles. The Morgan fingerprint density at radius 3 is 2.75 bits per heavy atom. The summed E-state index contributed by atoms with van der Waals surface area (Å²) < 4.78 is 5.13. The molecule has 0 spiro atoms. The van der Waals surface area contributed by atoms with Crippen molar-refractivity contribution in [1.82, 2.24) is 15.2 Å². The summed E-state index contributed by atoms with van der Waals surface area (Å²) in [6.45, 7) is 3.84. The predicted octanol–water partition coefficient (Wildman–Crippen LogP) is 4.86. The molecule has 2 N–H and O–H groups in total. The van der Waals surface area contributed by atoms with E-state index in [4.69, 9.17) is 27.9 Å². The maximum Gasteiger partial charge on any atom is 0.342 e. The molecule has 2 aromatic heterocycles. The van der Waals surface area contributed by atoms with Crippen LogP contribution in [0.3, 0.4) is 0 Å². The van der Waals surface area contributed by atoms with Gasteiger partial charge in [0.1, 0.15) is 11.3 Å². The van der Waals surface area contributed by atoms with Crippen LogP contribution in [0, 0.1) is 6.92 Å². The largest absolute Gasteiger partial charge is 0.462 e. The van der Waals surface area contributed by atoms with Crippen LogP contribution in [0.1, 0.15) is 23.0 Å². The van der Waals surface area contributed by atoms with Gasteiger partial charge in [-0.15, -0.1) is 0 Å². The molecule has 0 saturated carbocycles. The van der Waals surface area contributed by atoms with Gasteiger partial charge in [-0.2, -0.15) is 5.10 Å². The van der Waals surface area contributed by atoms with Crippen LogP contribution in [0.5, 0.6) is 0 Å². The lowest BCUT2D eigenvalue weighted by Gasteiger charge is -2.07. The molecule has 3 rings (SSSR count). The minimum absolute atomic E-state index is 0.295. The summed E-state index contributed by atoms with van der Waals surface area (Å²) in [5, 5.41) is 8.19. The topological polar surface area (TPSA) is 70.8 Å². The quantitative estimate of drug-likeness (QED) is 0.649. The molecule has 1 aromatic carbocycles. The number of rotatable bonds is 4. The highest BCUT2D eigenvalue weighted by molar-refractivity contribution is 6.36. The highest BCUT2D eigenvalue weighted by Crippen LogP contribution is 2.37. The van der Waals surface area contributed by atoms with Crippen LogP contribution < -0.4 is 0 Å². The molecule has 0 saturated heterocycles. The molecule has 124 valence electrons. The van der Waals surface area contributed by atoms with E-state index in [2.05, 4.69) is 15.2 Å². The molecule has 5 nitrogen and oxygen atoms in total. The van der Waals surface area contributed by atoms with E-state index in [1.165, 1.54) is 0 Å². The van der Waals surface area contributed by atoms with E-state index in [-0.39, 0.29) is 0 Å². The van der Waals surface area contributed by atoms with Crippen LogP contribution >= 0.6 is 23.2 Å². The Kier molecular flexibility index (Phi) is 4.64. The van der Waals surface area contributed by atoms with Gasteiger partial charge in [0.05, 0.1) is 12.3 Å². The summed E-state index contributed by atoms with van der Waals surface area (Å²) >= 11 is 12.3. The number of carbonyl (C=O) groups excluding carboxylic acids is 1. The molecular formula is C17H15Cl2N3O2. The third kappa shape index (κ3) is 2.92. The number of hydrogen-bond donors (Lipinski definition) is 2. The molecule has 0 aliphatic carbocycles. The number of aryl methyl sites for hydroxylation is 1. The van der Waals surface area contributed by atoms with E-state index in [0.29, 0.717) is 39.3 Å². The normalized spacial score (nSPS) is 10.8. The van der Waals surface area contributed by atoms with Gasteiger partial charge in [-0.25, -0.2) is 4.79 Å². The van der Waals surface area contributed by atoms with Crippen molar-refractivity contribution in [2.45, 2.75) is 13.8 Å². The van der Waals surface area contributed by atoms with Gasteiger partial charge in [-0.1, -0.05) is 29.3 Å². The molecule has 0 amide bonds. The van der Waals surface area contributed by atoms with Gasteiger partial charge in [0, 0.05) is 33.1 Å². The van der Waals surface area contributed by atoms with Crippen molar-refractivity contribution >= 4 is 29.2 Å². The maximum absolute atomic E-state index is 12.3. The number of nitrogens with zero attached hydrogens (tertiary/aromatic N) is 1. The van der Waals surface area contributed by atoms with Gasteiger partial charge >= 0.3 is 5.97 Å². The number of nitrogens with one attached hydrogen (secondary N) is 2. The van der Waals surface area contributed by atoms with Gasteiger partial charge in [0.25, 0.3) is 0 Å². The fourth-order valence-electron chi connectivity index (χ4n) is 2.56. The second-order valence-electron chi connectivity index (χ2n) is 5.18. The first kappa shape index (κ1) is 16.6. The van der Waals surface area contributed by atoms with Crippen LogP contribution in [-0.4, -0.2) is 27.8 Å². The van der Waals surface area contributed by atoms with Crippen LogP contribution in [0.15, 0.2) is 30.5 Å². The van der Waals surface area contributed by atoms with Gasteiger partial charge in [0.2, 0.25) is 0 Å². The molecule has 24 heavy (non-hydrogen) atoms. The zero-order chi connectivity index (χ0) is 17.3. The van der Waals surface area contributed by atoms with Crippen molar-refractivity contribution in [2.24, 2.45) is 0 Å². The predicted molar refractivity (Wildman–Crippen MR) is 94.5 cm³/mol. The second kappa shape index (κ2) is 6.71. The number of halogens is 2. The Bertz CT molecular complexity index is 899. The van der Waals surface area contributed by atoms with Crippen molar-refractivity contribution in [2.75, 3.05) is 6.61 Å². The second-order valence-corrected chi connectivity index (χ2v) is 6.03. The summed E-state index contributed by atoms with van der Waals surface area (Å²) in [6.07, 6.45) is 1.77. The molecule has 0 atom stereocenters. The van der Waals surface area contributed by atoms with Crippen molar-refractivity contribution in [3.63, 3.8) is 0 Å². The third-order valence-corrected chi connectivity index (χ3v) is 4.18. The van der Waals surface area contributed by atoms with E-state index in [0.717, 1.165) is 11.1 Å². The molecule has 0 radical (unpaired) electrons. The fraction of sp³-hybridized carbons (Fsp3) is 0.176. The first-order valence-electron chi connectivity index (χ1n) is 7.38. The average Bonchev–Trinajstić information content (AvgIpc) is 3.13. The highest BCUT2D eigenvalue weighted by Gasteiger charge is 2.24. The molecule has 0 bridgehead atoms. The van der Waals surface area contributed by atoms with Crippen LogP contribution in [0.25, 0.3) is 22.5 Å². The fourth-order valence-corrected chi connectivity index (χ4v) is 3.07. The van der Waals surface area contributed by atoms with Gasteiger partial charge in [0.15, 0.2) is 0 Å². The van der Waals surface area contributed by atoms with Crippen molar-refractivity contribution in [3.05, 3.63) is 51.8 Å². The maximum atomic E-state index is 12.3. The number of aromatic amines is 2. The van der Waals surface area contributed by atoms with Crippen molar-refractivity contribution in [1.29, 1.82) is 0 Å². The molecule has 7 heteroatoms. The van der Waals surface area contributed by atoms with E-state index in [1.54, 1.807) is 32.2 Å². The number of ether oxygens (including phenoxy) is 1. The lowest BCUT2D eigenvalue weighted by molar-refractivity contribution is 0.0526. The number of H-pyrrole nitrogens is 2.